The van der Waals surface area contributed by atoms with E-state index in [1.807, 2.05) is 194 Å². The first kappa shape index (κ1) is 56.6. The number of benzene rings is 6. The van der Waals surface area contributed by atoms with Crippen LogP contribution in [0.4, 0.5) is 0 Å². The summed E-state index contributed by atoms with van der Waals surface area (Å²) in [6, 6.07) is 45.1. The maximum absolute atomic E-state index is 15.7. The fourth-order valence-electron chi connectivity index (χ4n) is 9.76. The van der Waals surface area contributed by atoms with Gasteiger partial charge in [0.05, 0.1) is 54.2 Å². The van der Waals surface area contributed by atoms with Crippen LogP contribution in [0.2, 0.25) is 0 Å². The first-order valence-electron chi connectivity index (χ1n) is 25.7. The summed E-state index contributed by atoms with van der Waals surface area (Å²) in [6.07, 6.45) is 28.6. The molecule has 10 nitrogen and oxygen atoms in total. The summed E-state index contributed by atoms with van der Waals surface area (Å²) in [6.45, 7) is 0. The van der Waals surface area contributed by atoms with Gasteiger partial charge in [-0.1, -0.05) is 170 Å². The normalized spacial score (nSPS) is 19.7. The molecule has 0 radical (unpaired) electrons. The average Bonchev–Trinajstić information content (AvgIpc) is 3.49. The highest BCUT2D eigenvalue weighted by Crippen LogP contribution is 2.41. The van der Waals surface area contributed by atoms with E-state index in [-0.39, 0.29) is 11.5 Å². The van der Waals surface area contributed by atoms with E-state index < -0.39 is 32.9 Å². The monoisotopic (exact) mass is 1070 g/mol. The van der Waals surface area contributed by atoms with Gasteiger partial charge in [0.25, 0.3) is 0 Å². The van der Waals surface area contributed by atoms with Crippen LogP contribution < -0.4 is 28.4 Å². The molecule has 0 amide bonds. The fraction of sp³-hybridized carbons (Fsp3) is 0.176. The second-order valence-corrected chi connectivity index (χ2v) is 21.1. The lowest BCUT2D eigenvalue weighted by Crippen LogP contribution is -2.34. The minimum Gasteiger partial charge on any atom is -0.496 e. The second-order valence-electron chi connectivity index (χ2n) is 19.0. The zero-order valence-corrected chi connectivity index (χ0v) is 46.0. The summed E-state index contributed by atoms with van der Waals surface area (Å²) >= 11 is 0. The van der Waals surface area contributed by atoms with Crippen LogP contribution in [0.25, 0.3) is 36.5 Å². The van der Waals surface area contributed by atoms with Gasteiger partial charge in [0.2, 0.25) is 0 Å². The Balaban J connectivity index is 1.28. The van der Waals surface area contributed by atoms with E-state index in [1.165, 1.54) is 0 Å². The van der Waals surface area contributed by atoms with E-state index in [2.05, 4.69) is 0 Å². The van der Waals surface area contributed by atoms with Crippen LogP contribution in [0.3, 0.4) is 0 Å². The molecule has 0 atom stereocenters. The van der Waals surface area contributed by atoms with Gasteiger partial charge in [0.1, 0.15) is 45.7 Å². The molecule has 6 aromatic carbocycles. The van der Waals surface area contributed by atoms with Gasteiger partial charge < -0.3 is 38.6 Å². The smallest absolute Gasteiger partial charge is 0.152 e. The van der Waals surface area contributed by atoms with Crippen LogP contribution in [0.1, 0.15) is 33.4 Å². The molecule has 6 aromatic rings. The summed E-state index contributed by atoms with van der Waals surface area (Å²) in [7, 11) is 5.43. The van der Waals surface area contributed by atoms with Crippen LogP contribution >= 0.6 is 0 Å². The maximum atomic E-state index is 15.7. The van der Waals surface area contributed by atoms with Crippen molar-refractivity contribution in [1.29, 1.82) is 0 Å². The van der Waals surface area contributed by atoms with Crippen molar-refractivity contribution in [3.63, 3.8) is 0 Å². The Hall–Kier alpha value is -8.61. The minimum atomic E-state index is -4.13. The van der Waals surface area contributed by atoms with E-state index in [1.54, 1.807) is 91.3 Å². The number of methoxy groups -OCH3 is 6. The van der Waals surface area contributed by atoms with Gasteiger partial charge in [0, 0.05) is 45.2 Å². The van der Waals surface area contributed by atoms with Gasteiger partial charge in [0.15, 0.2) is 9.84 Å². The molecule has 404 valence electrons. The predicted octanol–water partition coefficient (Wildman–Crippen LogP) is 13.2. The van der Waals surface area contributed by atoms with Crippen LogP contribution in [0.15, 0.2) is 229 Å². The molecular weight excluding hydrogens is 1010 g/mol. The molecule has 0 spiro atoms. The topological polar surface area (TPSA) is 130 Å². The summed E-state index contributed by atoms with van der Waals surface area (Å²) in [5, 5.41) is 25.4. The van der Waals surface area contributed by atoms with E-state index in [0.29, 0.717) is 56.8 Å². The van der Waals surface area contributed by atoms with Crippen LogP contribution in [-0.2, 0) is 9.84 Å². The highest BCUT2D eigenvalue weighted by Gasteiger charge is 2.37. The van der Waals surface area contributed by atoms with Crippen molar-refractivity contribution in [1.82, 2.24) is 0 Å². The molecule has 0 heterocycles. The van der Waals surface area contributed by atoms with Gasteiger partial charge in [-0.05, 0) is 95.1 Å². The van der Waals surface area contributed by atoms with Gasteiger partial charge in [-0.3, -0.25) is 0 Å². The van der Waals surface area contributed by atoms with Crippen LogP contribution in [0.5, 0.6) is 34.5 Å². The summed E-state index contributed by atoms with van der Waals surface area (Å²) in [5.74, 6) is 1.36. The minimum absolute atomic E-state index is 0.370. The summed E-state index contributed by atoms with van der Waals surface area (Å²) in [4.78, 5) is 0. The van der Waals surface area contributed by atoms with Crippen molar-refractivity contribution in [2.45, 2.75) is 11.2 Å². The zero-order valence-electron chi connectivity index (χ0n) is 45.2. The van der Waals surface area contributed by atoms with Crippen molar-refractivity contribution in [2.24, 2.45) is 11.8 Å². The third kappa shape index (κ3) is 14.5. The third-order valence-corrected chi connectivity index (χ3v) is 15.4. The number of ether oxygens (including phenoxy) is 6. The number of sulfone groups is 1. The zero-order chi connectivity index (χ0) is 55.8. The number of aliphatic hydroxyl groups is 2. The van der Waals surface area contributed by atoms with E-state index in [9.17, 15) is 10.2 Å². The molecular formula is C68H66O10S. The highest BCUT2D eigenvalue weighted by atomic mass is 32.2. The van der Waals surface area contributed by atoms with Crippen molar-refractivity contribution >= 4 is 46.3 Å². The first-order chi connectivity index (χ1) is 38.3. The van der Waals surface area contributed by atoms with Crippen molar-refractivity contribution in [3.8, 4) is 34.5 Å². The fourth-order valence-corrected chi connectivity index (χ4v) is 11.7. The maximum Gasteiger partial charge on any atom is 0.152 e. The Kier molecular flexibility index (Phi) is 18.7. The number of hydrogen-bond acceptors (Lipinski definition) is 10. The number of hydrogen-bond donors (Lipinski definition) is 2. The SMILES string of the molecule is COc1ccccc1/C=C/C1=CC(O)(/C=C/c2ccccc2OC)C=C(/C=C/c2ccccc2OC)C1CS(=O)(=O)CC1C(/C=C/c2ccccc2OC)=CC(O)(/C=C/c2ccccc2OC)C=C1/C=C/c1ccccc1OC. The molecule has 8 rings (SSSR count). The largest absolute Gasteiger partial charge is 0.496 e. The van der Waals surface area contributed by atoms with Gasteiger partial charge in [-0.25, -0.2) is 8.42 Å². The Bertz CT molecular complexity index is 3170. The molecule has 0 aromatic heterocycles. The van der Waals surface area contributed by atoms with Gasteiger partial charge in [-0.15, -0.1) is 0 Å². The lowest BCUT2D eigenvalue weighted by molar-refractivity contribution is 0.190. The van der Waals surface area contributed by atoms with E-state index >= 15 is 8.42 Å². The molecule has 2 aliphatic rings. The molecule has 0 saturated heterocycles. The molecule has 79 heavy (non-hydrogen) atoms. The summed E-state index contributed by atoms with van der Waals surface area (Å²) in [5.41, 5.74) is 3.26. The predicted molar refractivity (Wildman–Crippen MR) is 320 cm³/mol. The molecule has 11 heteroatoms. The highest BCUT2D eigenvalue weighted by molar-refractivity contribution is 7.91. The standard InChI is InChI=1S/C68H66O10S/c1-73-61-25-13-7-19-49(61)31-35-55-43-67(69,41-39-53-23-11-17-29-65(53)77-5)44-56(36-32-50-20-8-14-26-62(50)74-2)59(55)47-79(71,72)48-60-57(37-33-51-21-9-15-27-63(51)75-3)45-68(70,42-40-54-24-12-18-30-66(54)78-6)46-58(60)38-34-52-22-10-16-28-64(52)76-4/h7-46,59-60,69-70H,47-48H2,1-6H3/b35-31+,36-32+,37-33+,38-34+,41-39+,42-40+. The van der Waals surface area contributed by atoms with Crippen molar-refractivity contribution in [2.75, 3.05) is 54.2 Å². The second kappa shape index (κ2) is 26.2. The number of para-hydroxylation sites is 6. The summed E-state index contributed by atoms with van der Waals surface area (Å²) < 4.78 is 65.5. The Morgan fingerprint density at radius 2 is 0.544 bits per heavy atom. The lowest BCUT2D eigenvalue weighted by atomic mass is 9.79. The van der Waals surface area contributed by atoms with Gasteiger partial charge >= 0.3 is 0 Å². The quantitative estimate of drug-likeness (QED) is 0.0678. The molecule has 0 saturated carbocycles. The first-order valence-corrected chi connectivity index (χ1v) is 27.6. The molecule has 2 N–H and O–H groups in total. The van der Waals surface area contributed by atoms with Crippen molar-refractivity contribution < 1.29 is 47.1 Å². The average molecular weight is 1080 g/mol. The Morgan fingerprint density at radius 1 is 0.342 bits per heavy atom. The van der Waals surface area contributed by atoms with E-state index in [4.69, 9.17) is 28.4 Å². The molecule has 2 aliphatic carbocycles. The van der Waals surface area contributed by atoms with E-state index in [0.717, 1.165) is 33.4 Å². The van der Waals surface area contributed by atoms with Crippen LogP contribution in [0, 0.1) is 11.8 Å². The number of allylic oxidation sites excluding steroid dienone is 8. The van der Waals surface area contributed by atoms with Gasteiger partial charge in [-0.2, -0.15) is 0 Å². The van der Waals surface area contributed by atoms with Crippen molar-refractivity contribution in [3.05, 3.63) is 262 Å². The van der Waals surface area contributed by atoms with Crippen LogP contribution in [-0.4, -0.2) is 84.0 Å². The molecule has 0 aliphatic heterocycles. The Morgan fingerprint density at radius 3 is 0.759 bits per heavy atom. The molecule has 0 fully saturated rings. The Labute approximate surface area is 464 Å². The lowest BCUT2D eigenvalue weighted by Gasteiger charge is -2.33. The molecule has 0 bridgehead atoms. The number of rotatable bonds is 22. The third-order valence-electron chi connectivity index (χ3n) is 13.8. The molecule has 0 unspecified atom stereocenters.